The van der Waals surface area contributed by atoms with Crippen LogP contribution in [0.1, 0.15) is 48.5 Å². The van der Waals surface area contributed by atoms with E-state index in [4.69, 9.17) is 10.5 Å². The summed E-state index contributed by atoms with van der Waals surface area (Å²) in [7, 11) is 1.38. The van der Waals surface area contributed by atoms with Crippen molar-refractivity contribution in [3.63, 3.8) is 0 Å². The predicted molar refractivity (Wildman–Crippen MR) is 114 cm³/mol. The maximum atomic E-state index is 15.5. The highest BCUT2D eigenvalue weighted by atomic mass is 19.1. The molecule has 3 aliphatic carbocycles. The zero-order chi connectivity index (χ0) is 22.6. The van der Waals surface area contributed by atoms with Crippen LogP contribution in [0.4, 0.5) is 14.5 Å². The van der Waals surface area contributed by atoms with Gasteiger partial charge < -0.3 is 25.0 Å². The predicted octanol–water partition coefficient (Wildman–Crippen LogP) is 2.84. The van der Waals surface area contributed by atoms with Crippen LogP contribution in [-0.4, -0.2) is 47.6 Å². The lowest BCUT2D eigenvalue weighted by Gasteiger charge is -2.28. The van der Waals surface area contributed by atoms with Crippen molar-refractivity contribution in [2.75, 3.05) is 25.1 Å². The number of benzene rings is 1. The standard InChI is InChI=1S/C23H25F2N3O4/c1-32-20-17-12(19(29)13(21(30)31)8-28(17)16-5-14(16)24)4-15(25)18(20)27-7-11-6-22(2-3-22)9-23(11,26)10-27/h4,8,11,14,16H,2-3,5-7,9-10,26H2,1H3,(H,30,31)/t11?,14-,16+,23+/m0/s1. The highest BCUT2D eigenvalue weighted by molar-refractivity contribution is 5.97. The number of hydrogen-bond acceptors (Lipinski definition) is 5. The molecule has 4 atom stereocenters. The number of carboxylic acids is 1. The molecule has 1 aromatic carbocycles. The van der Waals surface area contributed by atoms with E-state index in [1.807, 2.05) is 4.90 Å². The molecule has 0 bridgehead atoms. The molecular weight excluding hydrogens is 420 g/mol. The van der Waals surface area contributed by atoms with Crippen molar-refractivity contribution in [3.05, 3.63) is 33.9 Å². The molecule has 1 unspecified atom stereocenters. The third-order valence-electron chi connectivity index (χ3n) is 8.07. The third kappa shape index (κ3) is 2.66. The first-order valence-corrected chi connectivity index (χ1v) is 11.0. The van der Waals surface area contributed by atoms with Crippen LogP contribution in [0.25, 0.3) is 10.9 Å². The zero-order valence-corrected chi connectivity index (χ0v) is 17.7. The summed E-state index contributed by atoms with van der Waals surface area (Å²) < 4.78 is 36.6. The molecule has 1 saturated heterocycles. The molecule has 0 radical (unpaired) electrons. The van der Waals surface area contributed by atoms with Gasteiger partial charge in [0.25, 0.3) is 0 Å². The Labute approximate surface area is 182 Å². The molecule has 1 aliphatic heterocycles. The number of ether oxygens (including phenoxy) is 1. The number of nitrogens with two attached hydrogens (primary N) is 1. The minimum absolute atomic E-state index is 0.123. The van der Waals surface area contributed by atoms with Crippen molar-refractivity contribution in [2.45, 2.75) is 49.9 Å². The van der Waals surface area contributed by atoms with Gasteiger partial charge in [-0.25, -0.2) is 13.6 Å². The number of anilines is 1. The van der Waals surface area contributed by atoms with Gasteiger partial charge >= 0.3 is 5.97 Å². The smallest absolute Gasteiger partial charge is 0.341 e. The lowest BCUT2D eigenvalue weighted by Crippen LogP contribution is -2.44. The van der Waals surface area contributed by atoms with E-state index >= 15 is 4.39 Å². The van der Waals surface area contributed by atoms with Crippen LogP contribution in [0.2, 0.25) is 0 Å². The molecule has 1 aromatic heterocycles. The van der Waals surface area contributed by atoms with Crippen LogP contribution in [0.3, 0.4) is 0 Å². The Hall–Kier alpha value is -2.68. The van der Waals surface area contributed by atoms with Crippen molar-refractivity contribution >= 4 is 22.6 Å². The Balaban J connectivity index is 1.53. The maximum absolute atomic E-state index is 15.5. The van der Waals surface area contributed by atoms with Crippen LogP contribution in [0, 0.1) is 17.2 Å². The van der Waals surface area contributed by atoms with Crippen molar-refractivity contribution in [1.82, 2.24) is 4.57 Å². The topological polar surface area (TPSA) is 97.8 Å². The number of methoxy groups -OCH3 is 1. The van der Waals surface area contributed by atoms with Gasteiger partial charge in [0.1, 0.15) is 17.4 Å². The number of fused-ring (bicyclic) bond motifs is 2. The van der Waals surface area contributed by atoms with Crippen molar-refractivity contribution in [2.24, 2.45) is 17.1 Å². The zero-order valence-electron chi connectivity index (χ0n) is 17.7. The Morgan fingerprint density at radius 1 is 1.38 bits per heavy atom. The second kappa shape index (κ2) is 6.21. The van der Waals surface area contributed by atoms with E-state index in [9.17, 15) is 19.1 Å². The van der Waals surface area contributed by atoms with Gasteiger partial charge in [0.2, 0.25) is 5.43 Å². The van der Waals surface area contributed by atoms with Gasteiger partial charge in [-0.05, 0) is 43.1 Å². The number of rotatable bonds is 4. The van der Waals surface area contributed by atoms with Gasteiger partial charge in [0.05, 0.1) is 24.1 Å². The van der Waals surface area contributed by atoms with E-state index in [1.54, 1.807) is 0 Å². The molecule has 4 aliphatic rings. The highest BCUT2D eigenvalue weighted by Crippen LogP contribution is 2.64. The van der Waals surface area contributed by atoms with Crippen LogP contribution in [0.15, 0.2) is 17.1 Å². The second-order valence-corrected chi connectivity index (χ2v) is 10.2. The fraction of sp³-hybridized carbons (Fsp3) is 0.565. The SMILES string of the molecule is COc1c(N2CC3CC4(CC4)C[C@@]3(N)C2)c(F)cc2c(=O)c(C(=O)O)cn([C@@H]3C[C@@H]3F)c12. The maximum Gasteiger partial charge on any atom is 0.341 e. The molecule has 32 heavy (non-hydrogen) atoms. The highest BCUT2D eigenvalue weighted by Gasteiger charge is 2.61. The van der Waals surface area contributed by atoms with Gasteiger partial charge in [-0.2, -0.15) is 0 Å². The van der Waals surface area contributed by atoms with Gasteiger partial charge in [0.15, 0.2) is 11.6 Å². The number of aromatic nitrogens is 1. The van der Waals surface area contributed by atoms with Crippen molar-refractivity contribution < 1.29 is 23.4 Å². The molecule has 3 N–H and O–H groups in total. The molecule has 0 amide bonds. The Bertz CT molecular complexity index is 1240. The molecule has 170 valence electrons. The average molecular weight is 445 g/mol. The average Bonchev–Trinajstić information content (AvgIpc) is 3.59. The first kappa shape index (κ1) is 20.0. The summed E-state index contributed by atoms with van der Waals surface area (Å²) in [4.78, 5) is 26.3. The largest absolute Gasteiger partial charge is 0.492 e. The Morgan fingerprint density at radius 2 is 2.09 bits per heavy atom. The fourth-order valence-corrected chi connectivity index (χ4v) is 6.27. The van der Waals surface area contributed by atoms with E-state index in [2.05, 4.69) is 0 Å². The molecule has 2 heterocycles. The molecular formula is C23H25F2N3O4. The summed E-state index contributed by atoms with van der Waals surface area (Å²) in [5.41, 5.74) is 5.85. The third-order valence-corrected chi connectivity index (χ3v) is 8.07. The van der Waals surface area contributed by atoms with Gasteiger partial charge in [-0.3, -0.25) is 4.79 Å². The lowest BCUT2D eigenvalue weighted by atomic mass is 9.92. The molecule has 3 saturated carbocycles. The summed E-state index contributed by atoms with van der Waals surface area (Å²) >= 11 is 0. The molecule has 7 nitrogen and oxygen atoms in total. The summed E-state index contributed by atoms with van der Waals surface area (Å²) in [5.74, 6) is -1.73. The van der Waals surface area contributed by atoms with E-state index < -0.39 is 40.5 Å². The number of pyridine rings is 1. The monoisotopic (exact) mass is 445 g/mol. The van der Waals surface area contributed by atoms with Gasteiger partial charge in [-0.1, -0.05) is 0 Å². The Morgan fingerprint density at radius 3 is 2.66 bits per heavy atom. The number of carbonyl (C=O) groups is 1. The Kier molecular flexibility index (Phi) is 3.88. The van der Waals surface area contributed by atoms with Crippen molar-refractivity contribution in [1.29, 1.82) is 0 Å². The van der Waals surface area contributed by atoms with Crippen LogP contribution in [0.5, 0.6) is 5.75 Å². The lowest BCUT2D eigenvalue weighted by molar-refractivity contribution is 0.0694. The second-order valence-electron chi connectivity index (χ2n) is 10.2. The van der Waals surface area contributed by atoms with Crippen molar-refractivity contribution in [3.8, 4) is 5.75 Å². The van der Waals surface area contributed by atoms with E-state index in [-0.39, 0.29) is 34.7 Å². The molecule has 2 aromatic rings. The minimum atomic E-state index is -1.43. The number of halogens is 2. The van der Waals surface area contributed by atoms with E-state index in [1.165, 1.54) is 24.5 Å². The number of alkyl halides is 1. The van der Waals surface area contributed by atoms with Gasteiger partial charge in [0, 0.05) is 31.2 Å². The fourth-order valence-electron chi connectivity index (χ4n) is 6.27. The molecule has 6 rings (SSSR count). The summed E-state index contributed by atoms with van der Waals surface area (Å²) in [5, 5.41) is 9.33. The van der Waals surface area contributed by atoms with E-state index in [0.717, 1.165) is 25.1 Å². The number of aromatic carboxylic acids is 1. The van der Waals surface area contributed by atoms with Crippen LogP contribution < -0.4 is 20.8 Å². The summed E-state index contributed by atoms with van der Waals surface area (Å²) in [6, 6.07) is 0.449. The minimum Gasteiger partial charge on any atom is -0.492 e. The number of nitrogens with zero attached hydrogens (tertiary/aromatic N) is 2. The molecule has 1 spiro atoms. The first-order chi connectivity index (χ1) is 15.2. The number of carboxylic acid groups (broad SMARTS) is 1. The van der Waals surface area contributed by atoms with Gasteiger partial charge in [-0.15, -0.1) is 0 Å². The summed E-state index contributed by atoms with van der Waals surface area (Å²) in [6.45, 7) is 1.06. The quantitative estimate of drug-likeness (QED) is 0.751. The van der Waals surface area contributed by atoms with E-state index in [0.29, 0.717) is 18.5 Å². The first-order valence-electron chi connectivity index (χ1n) is 11.0. The van der Waals surface area contributed by atoms with Crippen LogP contribution in [-0.2, 0) is 0 Å². The number of hydrogen-bond donors (Lipinski definition) is 2. The van der Waals surface area contributed by atoms with Crippen LogP contribution >= 0.6 is 0 Å². The normalized spacial score (nSPS) is 31.9. The molecule has 4 fully saturated rings. The molecule has 9 heteroatoms. The summed E-state index contributed by atoms with van der Waals surface area (Å²) in [6.07, 6.45) is 4.58.